The number of nitrogens with zero attached hydrogens (tertiary/aromatic N) is 1. The zero-order chi connectivity index (χ0) is 17.9. The fourth-order valence-electron chi connectivity index (χ4n) is 3.70. The lowest BCUT2D eigenvalue weighted by atomic mass is 9.91. The average molecular weight is 350 g/mol. The first-order chi connectivity index (χ1) is 12.7. The minimum atomic E-state index is 0.241. The minimum Gasteiger partial charge on any atom is -0.383 e. The number of anilines is 1. The minimum absolute atomic E-state index is 0.241. The van der Waals surface area contributed by atoms with Crippen molar-refractivity contribution in [3.63, 3.8) is 0 Å². The summed E-state index contributed by atoms with van der Waals surface area (Å²) in [6.45, 7) is 1.62. The van der Waals surface area contributed by atoms with E-state index in [1.54, 1.807) is 0 Å². The van der Waals surface area contributed by atoms with E-state index in [1.165, 1.54) is 18.4 Å². The molecule has 2 N–H and O–H groups in total. The number of nitrogens with two attached hydrogens (primary N) is 1. The Balaban J connectivity index is 1.51. The summed E-state index contributed by atoms with van der Waals surface area (Å²) in [6.07, 6.45) is 8.23. The molecule has 4 heteroatoms. The Labute approximate surface area is 154 Å². The highest BCUT2D eigenvalue weighted by molar-refractivity contribution is 5.96. The molecule has 1 aliphatic carbocycles. The molecule has 1 aromatic carbocycles. The lowest BCUT2D eigenvalue weighted by Gasteiger charge is -2.22. The Morgan fingerprint density at radius 2 is 1.85 bits per heavy atom. The maximum Gasteiger partial charge on any atom is 0.162 e. The molecule has 1 saturated heterocycles. The Kier molecular flexibility index (Phi) is 5.02. The number of carbonyl (C=O) groups excluding carboxylic acids is 1. The van der Waals surface area contributed by atoms with Gasteiger partial charge in [0.05, 0.1) is 0 Å². The van der Waals surface area contributed by atoms with E-state index >= 15 is 0 Å². The fraction of sp³-hybridized carbons (Fsp3) is 0.455. The van der Waals surface area contributed by atoms with E-state index in [9.17, 15) is 4.79 Å². The van der Waals surface area contributed by atoms with Gasteiger partial charge in [-0.3, -0.25) is 4.79 Å². The molecule has 4 rings (SSSR count). The highest BCUT2D eigenvalue weighted by Gasteiger charge is 2.22. The summed E-state index contributed by atoms with van der Waals surface area (Å²) >= 11 is 0. The van der Waals surface area contributed by atoms with E-state index in [0.29, 0.717) is 18.2 Å². The van der Waals surface area contributed by atoms with Crippen LogP contribution in [0, 0.1) is 5.92 Å². The summed E-state index contributed by atoms with van der Waals surface area (Å²) in [4.78, 5) is 16.7. The van der Waals surface area contributed by atoms with Crippen LogP contribution in [0.1, 0.15) is 60.4 Å². The molecular formula is C22H26N2O2. The smallest absolute Gasteiger partial charge is 0.162 e. The van der Waals surface area contributed by atoms with Gasteiger partial charge in [-0.05, 0) is 48.3 Å². The third-order valence-electron chi connectivity index (χ3n) is 5.63. The van der Waals surface area contributed by atoms with Crippen LogP contribution in [0.25, 0.3) is 11.1 Å². The highest BCUT2D eigenvalue weighted by Crippen LogP contribution is 2.34. The first kappa shape index (κ1) is 17.2. The van der Waals surface area contributed by atoms with Gasteiger partial charge in [0, 0.05) is 37.0 Å². The largest absolute Gasteiger partial charge is 0.383 e. The molecule has 1 saturated carbocycles. The molecule has 2 heterocycles. The van der Waals surface area contributed by atoms with Gasteiger partial charge < -0.3 is 10.5 Å². The van der Waals surface area contributed by atoms with Crippen molar-refractivity contribution < 1.29 is 9.53 Å². The first-order valence-corrected chi connectivity index (χ1v) is 9.67. The van der Waals surface area contributed by atoms with Crippen molar-refractivity contribution in [2.75, 3.05) is 18.9 Å². The number of ether oxygens (including phenoxy) is 1. The Morgan fingerprint density at radius 3 is 2.54 bits per heavy atom. The number of nitrogen functional groups attached to an aromatic ring is 1. The number of hydrogen-bond donors (Lipinski definition) is 1. The second kappa shape index (κ2) is 7.58. The summed E-state index contributed by atoms with van der Waals surface area (Å²) in [5.74, 6) is 2.05. The summed E-state index contributed by atoms with van der Waals surface area (Å²) in [5.41, 5.74) is 10.1. The molecule has 0 bridgehead atoms. The predicted octanol–water partition coefficient (Wildman–Crippen LogP) is 4.60. The van der Waals surface area contributed by atoms with Gasteiger partial charge >= 0.3 is 0 Å². The SMILES string of the molecule is Nc1ncc(C2CCOCC2)cc1-c1ccc(C(=O)CCC2CC2)cc1. The van der Waals surface area contributed by atoms with Crippen LogP contribution in [0.15, 0.2) is 36.5 Å². The van der Waals surface area contributed by atoms with Crippen LogP contribution < -0.4 is 5.73 Å². The lowest BCUT2D eigenvalue weighted by molar-refractivity contribution is 0.0853. The molecule has 1 aromatic heterocycles. The third-order valence-corrected chi connectivity index (χ3v) is 5.63. The van der Waals surface area contributed by atoms with Gasteiger partial charge in [0.1, 0.15) is 5.82 Å². The number of rotatable bonds is 6. The monoisotopic (exact) mass is 350 g/mol. The number of carbonyl (C=O) groups is 1. The highest BCUT2D eigenvalue weighted by atomic mass is 16.5. The van der Waals surface area contributed by atoms with Crippen molar-refractivity contribution in [1.82, 2.24) is 4.98 Å². The molecule has 2 fully saturated rings. The van der Waals surface area contributed by atoms with Gasteiger partial charge in [-0.25, -0.2) is 4.98 Å². The van der Waals surface area contributed by atoms with Gasteiger partial charge in [0.15, 0.2) is 5.78 Å². The average Bonchev–Trinajstić information content (AvgIpc) is 3.52. The van der Waals surface area contributed by atoms with Crippen LogP contribution in [0.3, 0.4) is 0 Å². The van der Waals surface area contributed by atoms with Crippen LogP contribution >= 0.6 is 0 Å². The standard InChI is InChI=1S/C22H26N2O2/c23-22-20(13-19(14-24-22)16-9-11-26-12-10-16)17-4-6-18(7-5-17)21(25)8-3-15-1-2-15/h4-7,13-16H,1-3,8-12H2,(H2,23,24). The number of hydrogen-bond acceptors (Lipinski definition) is 4. The van der Waals surface area contributed by atoms with Gasteiger partial charge in [0.2, 0.25) is 0 Å². The van der Waals surface area contributed by atoms with Crippen molar-refractivity contribution in [2.24, 2.45) is 5.92 Å². The van der Waals surface area contributed by atoms with Crippen LogP contribution in [0.4, 0.5) is 5.82 Å². The molecule has 2 aromatic rings. The fourth-order valence-corrected chi connectivity index (χ4v) is 3.70. The second-order valence-corrected chi connectivity index (χ2v) is 7.57. The molecule has 0 unspecified atom stereocenters. The summed E-state index contributed by atoms with van der Waals surface area (Å²) in [6, 6.07) is 9.98. The van der Waals surface area contributed by atoms with E-state index in [1.807, 2.05) is 30.5 Å². The van der Waals surface area contributed by atoms with Gasteiger partial charge in [0.25, 0.3) is 0 Å². The predicted molar refractivity (Wildman–Crippen MR) is 103 cm³/mol. The van der Waals surface area contributed by atoms with Crippen molar-refractivity contribution in [3.8, 4) is 11.1 Å². The van der Waals surface area contributed by atoms with Gasteiger partial charge in [-0.15, -0.1) is 0 Å². The molecular weight excluding hydrogens is 324 g/mol. The van der Waals surface area contributed by atoms with Crippen LogP contribution in [-0.4, -0.2) is 24.0 Å². The normalized spacial score (nSPS) is 18.0. The summed E-state index contributed by atoms with van der Waals surface area (Å²) < 4.78 is 5.46. The second-order valence-electron chi connectivity index (χ2n) is 7.57. The first-order valence-electron chi connectivity index (χ1n) is 9.67. The number of aromatic nitrogens is 1. The molecule has 0 amide bonds. The Hall–Kier alpha value is -2.20. The van der Waals surface area contributed by atoms with E-state index in [2.05, 4.69) is 11.1 Å². The van der Waals surface area contributed by atoms with Crippen molar-refractivity contribution in [1.29, 1.82) is 0 Å². The third kappa shape index (κ3) is 3.96. The van der Waals surface area contributed by atoms with Crippen molar-refractivity contribution >= 4 is 11.6 Å². The Morgan fingerprint density at radius 1 is 1.12 bits per heavy atom. The van der Waals surface area contributed by atoms with Crippen molar-refractivity contribution in [2.45, 2.75) is 44.4 Å². The van der Waals surface area contributed by atoms with Gasteiger partial charge in [-0.1, -0.05) is 37.1 Å². The van der Waals surface area contributed by atoms with E-state index < -0.39 is 0 Å². The number of benzene rings is 1. The van der Waals surface area contributed by atoms with Crippen molar-refractivity contribution in [3.05, 3.63) is 47.7 Å². The van der Waals surface area contributed by atoms with E-state index in [0.717, 1.165) is 55.1 Å². The number of pyridine rings is 1. The molecule has 26 heavy (non-hydrogen) atoms. The number of ketones is 1. The molecule has 1 aliphatic heterocycles. The summed E-state index contributed by atoms with van der Waals surface area (Å²) in [5, 5.41) is 0. The molecule has 4 nitrogen and oxygen atoms in total. The summed E-state index contributed by atoms with van der Waals surface area (Å²) in [7, 11) is 0. The van der Waals surface area contributed by atoms with Crippen LogP contribution in [0.5, 0.6) is 0 Å². The van der Waals surface area contributed by atoms with Gasteiger partial charge in [-0.2, -0.15) is 0 Å². The molecule has 0 atom stereocenters. The quantitative estimate of drug-likeness (QED) is 0.773. The maximum atomic E-state index is 12.3. The number of Topliss-reactive ketones (excluding diaryl/α,β-unsaturated/α-hetero) is 1. The zero-order valence-corrected chi connectivity index (χ0v) is 15.1. The lowest BCUT2D eigenvalue weighted by Crippen LogP contribution is -2.14. The van der Waals surface area contributed by atoms with E-state index in [4.69, 9.17) is 10.5 Å². The van der Waals surface area contributed by atoms with Crippen LogP contribution in [0.2, 0.25) is 0 Å². The zero-order valence-electron chi connectivity index (χ0n) is 15.1. The molecule has 0 spiro atoms. The Bertz CT molecular complexity index is 775. The topological polar surface area (TPSA) is 65.2 Å². The van der Waals surface area contributed by atoms with E-state index in [-0.39, 0.29) is 5.78 Å². The maximum absolute atomic E-state index is 12.3. The molecule has 2 aliphatic rings. The van der Waals surface area contributed by atoms with Crippen LogP contribution in [-0.2, 0) is 4.74 Å². The molecule has 136 valence electrons. The molecule has 0 radical (unpaired) electrons.